The van der Waals surface area contributed by atoms with Gasteiger partial charge in [-0.2, -0.15) is 0 Å². The lowest BCUT2D eigenvalue weighted by atomic mass is 9.77. The number of ether oxygens (including phenoxy) is 1. The lowest BCUT2D eigenvalue weighted by Gasteiger charge is -2.30. The number of ketones is 1. The first-order valence-electron chi connectivity index (χ1n) is 8.85. The maximum absolute atomic E-state index is 14.6. The highest BCUT2D eigenvalue weighted by Crippen LogP contribution is 2.50. The van der Waals surface area contributed by atoms with Gasteiger partial charge < -0.3 is 10.1 Å². The van der Waals surface area contributed by atoms with Gasteiger partial charge in [0, 0.05) is 29.7 Å². The fraction of sp³-hybridized carbons (Fsp3) is 0.400. The molecule has 4 rings (SSSR count). The van der Waals surface area contributed by atoms with Gasteiger partial charge in [0.15, 0.2) is 5.78 Å². The molecule has 1 aromatic rings. The smallest absolute Gasteiger partial charge is 0.336 e. The number of carbonyl (C=O) groups is 2. The molecule has 1 fully saturated rings. The third-order valence-electron chi connectivity index (χ3n) is 5.39. The maximum atomic E-state index is 14.6. The average Bonchev–Trinajstić information content (AvgIpc) is 3.41. The topological polar surface area (TPSA) is 55.4 Å². The molecule has 3 aliphatic rings. The van der Waals surface area contributed by atoms with Crippen molar-refractivity contribution in [3.05, 3.63) is 57.4 Å². The van der Waals surface area contributed by atoms with E-state index in [9.17, 15) is 22.8 Å². The molecule has 27 heavy (non-hydrogen) atoms. The van der Waals surface area contributed by atoms with Gasteiger partial charge in [-0.15, -0.1) is 0 Å². The number of allylic oxidation sites excluding steroid dienone is 3. The van der Waals surface area contributed by atoms with Crippen LogP contribution in [0.25, 0.3) is 0 Å². The summed E-state index contributed by atoms with van der Waals surface area (Å²) >= 11 is 0. The molecule has 1 aliphatic heterocycles. The molecule has 0 unspecified atom stereocenters. The van der Waals surface area contributed by atoms with Gasteiger partial charge in [-0.05, 0) is 42.4 Å². The van der Waals surface area contributed by atoms with E-state index in [0.29, 0.717) is 17.7 Å². The van der Waals surface area contributed by atoms with Crippen molar-refractivity contribution < 1.29 is 27.5 Å². The molecular weight excluding hydrogens is 359 g/mol. The Morgan fingerprint density at radius 3 is 2.63 bits per heavy atom. The van der Waals surface area contributed by atoms with E-state index in [-0.39, 0.29) is 40.5 Å². The van der Waals surface area contributed by atoms with Gasteiger partial charge in [-0.1, -0.05) is 0 Å². The normalized spacial score (nSPS) is 22.1. The zero-order valence-corrected chi connectivity index (χ0v) is 14.7. The predicted molar refractivity (Wildman–Crippen MR) is 90.5 cm³/mol. The lowest BCUT2D eigenvalue weighted by molar-refractivity contribution is -0.136. The highest BCUT2D eigenvalue weighted by molar-refractivity contribution is 6.05. The summed E-state index contributed by atoms with van der Waals surface area (Å²) < 4.78 is 47.3. The van der Waals surface area contributed by atoms with Crippen molar-refractivity contribution in [2.45, 2.75) is 37.5 Å². The van der Waals surface area contributed by atoms with Crippen LogP contribution in [0.4, 0.5) is 13.2 Å². The van der Waals surface area contributed by atoms with E-state index in [4.69, 9.17) is 4.74 Å². The molecule has 1 aromatic carbocycles. The first-order chi connectivity index (χ1) is 13.0. The van der Waals surface area contributed by atoms with Crippen LogP contribution in [-0.2, 0) is 14.3 Å². The number of rotatable bonds is 4. The Labute approximate surface area is 154 Å². The Bertz CT molecular complexity index is 915. The van der Waals surface area contributed by atoms with E-state index in [1.54, 1.807) is 0 Å². The first-order valence-corrected chi connectivity index (χ1v) is 8.85. The molecule has 1 saturated carbocycles. The summed E-state index contributed by atoms with van der Waals surface area (Å²) in [7, 11) is 1.15. The molecule has 2 aliphatic carbocycles. The summed E-state index contributed by atoms with van der Waals surface area (Å²) in [6.07, 6.45) is 2.07. The number of nitrogens with one attached hydrogen (secondary N) is 1. The van der Waals surface area contributed by atoms with Crippen molar-refractivity contribution in [2.24, 2.45) is 0 Å². The van der Waals surface area contributed by atoms with Gasteiger partial charge in [0.05, 0.1) is 18.4 Å². The van der Waals surface area contributed by atoms with Crippen molar-refractivity contribution >= 4 is 11.8 Å². The summed E-state index contributed by atoms with van der Waals surface area (Å²) in [6, 6.07) is 1.96. The minimum atomic E-state index is -1.03. The number of esters is 1. The van der Waals surface area contributed by atoms with Gasteiger partial charge in [0.2, 0.25) is 0 Å². The first kappa shape index (κ1) is 17.8. The number of methoxy groups -OCH3 is 1. The lowest BCUT2D eigenvalue weighted by Crippen LogP contribution is -2.32. The fourth-order valence-electron chi connectivity index (χ4n) is 4.12. The summed E-state index contributed by atoms with van der Waals surface area (Å²) in [5.41, 5.74) is 1.18. The number of Topliss-reactive ketones (excluding diaryl/α,β-unsaturated/α-hetero) is 1. The zero-order chi connectivity index (χ0) is 19.3. The van der Waals surface area contributed by atoms with Crippen molar-refractivity contribution in [3.8, 4) is 0 Å². The Balaban J connectivity index is 1.99. The molecule has 0 spiro atoms. The minimum absolute atomic E-state index is 0.0216. The van der Waals surface area contributed by atoms with Gasteiger partial charge in [-0.25, -0.2) is 18.0 Å². The molecule has 0 amide bonds. The number of carbonyl (C=O) groups excluding carboxylic acids is 2. The molecule has 1 atom stereocenters. The molecular formula is C20H18F3NO3. The van der Waals surface area contributed by atoms with Crippen molar-refractivity contribution in [3.63, 3.8) is 0 Å². The van der Waals surface area contributed by atoms with E-state index in [1.807, 2.05) is 0 Å². The van der Waals surface area contributed by atoms with Crippen LogP contribution in [0.1, 0.15) is 48.6 Å². The molecule has 7 heteroatoms. The summed E-state index contributed by atoms with van der Waals surface area (Å²) in [6.45, 7) is -0.984. The monoisotopic (exact) mass is 377 g/mol. The van der Waals surface area contributed by atoms with Gasteiger partial charge >= 0.3 is 5.97 Å². The predicted octanol–water partition coefficient (Wildman–Crippen LogP) is 3.54. The summed E-state index contributed by atoms with van der Waals surface area (Å²) in [5, 5.41) is 2.83. The molecule has 0 saturated heterocycles. The van der Waals surface area contributed by atoms with Crippen LogP contribution >= 0.6 is 0 Å². The third-order valence-corrected chi connectivity index (χ3v) is 5.39. The molecule has 4 nitrogen and oxygen atoms in total. The largest absolute Gasteiger partial charge is 0.466 e. The van der Waals surface area contributed by atoms with Gasteiger partial charge in [-0.3, -0.25) is 4.79 Å². The van der Waals surface area contributed by atoms with Crippen LogP contribution in [0.3, 0.4) is 0 Å². The van der Waals surface area contributed by atoms with Crippen LogP contribution in [0.5, 0.6) is 0 Å². The number of alkyl halides is 1. The molecule has 1 N–H and O–H groups in total. The van der Waals surface area contributed by atoms with Gasteiger partial charge in [0.1, 0.15) is 18.3 Å². The van der Waals surface area contributed by atoms with Crippen molar-refractivity contribution in [2.75, 3.05) is 13.8 Å². The quantitative estimate of drug-likeness (QED) is 0.816. The van der Waals surface area contributed by atoms with Crippen LogP contribution in [0, 0.1) is 11.6 Å². The van der Waals surface area contributed by atoms with E-state index in [2.05, 4.69) is 5.32 Å². The molecule has 142 valence electrons. The molecule has 1 heterocycles. The molecule has 0 bridgehead atoms. The average molecular weight is 377 g/mol. The second-order valence-corrected chi connectivity index (χ2v) is 7.06. The Morgan fingerprint density at radius 1 is 1.26 bits per heavy atom. The SMILES string of the molecule is COC(=O)C1=C(CF)NC2=C(C(=O)CC2)[C@@H]1c1cc(F)cc(F)c1C1CC1. The van der Waals surface area contributed by atoms with E-state index in [0.717, 1.165) is 32.1 Å². The van der Waals surface area contributed by atoms with Gasteiger partial charge in [0.25, 0.3) is 0 Å². The fourth-order valence-corrected chi connectivity index (χ4v) is 4.12. The van der Waals surface area contributed by atoms with Crippen LogP contribution in [0.2, 0.25) is 0 Å². The standard InChI is InChI=1S/C20H18F3NO3/c1-27-20(26)19-14(8-21)24-13-4-5-15(25)18(13)17(19)11-6-10(22)7-12(23)16(11)9-2-3-9/h6-7,9,17,24H,2-5,8H2,1H3/t17-/m0/s1. The molecule has 0 aromatic heterocycles. The second-order valence-electron chi connectivity index (χ2n) is 7.06. The summed E-state index contributed by atoms with van der Waals surface area (Å²) in [4.78, 5) is 25.0. The number of dihydropyridines is 1. The summed E-state index contributed by atoms with van der Waals surface area (Å²) in [5.74, 6) is -3.67. The Hall–Kier alpha value is -2.57. The number of hydrogen-bond acceptors (Lipinski definition) is 4. The van der Waals surface area contributed by atoms with Crippen molar-refractivity contribution in [1.29, 1.82) is 0 Å². The van der Waals surface area contributed by atoms with Crippen LogP contribution < -0.4 is 5.32 Å². The van der Waals surface area contributed by atoms with Crippen molar-refractivity contribution in [1.82, 2.24) is 5.32 Å². The highest BCUT2D eigenvalue weighted by Gasteiger charge is 2.44. The Morgan fingerprint density at radius 2 is 2.00 bits per heavy atom. The minimum Gasteiger partial charge on any atom is -0.466 e. The number of halogens is 3. The number of hydrogen-bond donors (Lipinski definition) is 1. The van der Waals surface area contributed by atoms with E-state index < -0.39 is 30.2 Å². The third kappa shape index (κ3) is 2.85. The molecule has 0 radical (unpaired) electrons. The highest BCUT2D eigenvalue weighted by atomic mass is 19.1. The number of benzene rings is 1. The van der Waals surface area contributed by atoms with Crippen LogP contribution in [-0.4, -0.2) is 25.5 Å². The van der Waals surface area contributed by atoms with Crippen LogP contribution in [0.15, 0.2) is 34.7 Å². The second kappa shape index (κ2) is 6.55. The maximum Gasteiger partial charge on any atom is 0.336 e. The zero-order valence-electron chi connectivity index (χ0n) is 14.7. The Kier molecular flexibility index (Phi) is 4.32. The van der Waals surface area contributed by atoms with E-state index >= 15 is 0 Å². The van der Waals surface area contributed by atoms with E-state index in [1.165, 1.54) is 0 Å².